The Kier molecular flexibility index (Phi) is 4.45. The van der Waals surface area contributed by atoms with Crippen molar-refractivity contribution in [1.29, 1.82) is 0 Å². The van der Waals surface area contributed by atoms with Gasteiger partial charge in [-0.1, -0.05) is 11.6 Å². The van der Waals surface area contributed by atoms with Crippen molar-refractivity contribution >= 4 is 40.1 Å². The molecule has 0 aliphatic carbocycles. The van der Waals surface area contributed by atoms with Crippen LogP contribution in [0.2, 0.25) is 5.02 Å². The van der Waals surface area contributed by atoms with Crippen molar-refractivity contribution in [2.45, 2.75) is 0 Å². The average Bonchev–Trinajstić information content (AvgIpc) is 3.14. The Morgan fingerprint density at radius 3 is 2.50 bits per heavy atom. The fourth-order valence-electron chi connectivity index (χ4n) is 2.49. The number of rotatable bonds is 4. The summed E-state index contributed by atoms with van der Waals surface area (Å²) < 4.78 is 18.1. The van der Waals surface area contributed by atoms with Crippen molar-refractivity contribution in [1.82, 2.24) is 20.3 Å². The van der Waals surface area contributed by atoms with E-state index in [9.17, 15) is 9.50 Å². The van der Waals surface area contributed by atoms with E-state index in [0.29, 0.717) is 11.3 Å². The third-order valence-electron chi connectivity index (χ3n) is 3.79. The lowest BCUT2D eigenvalue weighted by atomic mass is 10.1. The highest BCUT2D eigenvalue weighted by atomic mass is 35.5. The summed E-state index contributed by atoms with van der Waals surface area (Å²) in [5.74, 6) is 5.36. The molecule has 9 nitrogen and oxygen atoms in total. The zero-order chi connectivity index (χ0) is 19.7. The van der Waals surface area contributed by atoms with Crippen LogP contribution in [-0.4, -0.2) is 31.1 Å². The van der Waals surface area contributed by atoms with Gasteiger partial charge in [-0.05, 0) is 52.8 Å². The molecule has 0 aliphatic rings. The zero-order valence-electron chi connectivity index (χ0n) is 14.0. The lowest BCUT2D eigenvalue weighted by molar-refractivity contribution is 0.314. The van der Waals surface area contributed by atoms with E-state index >= 15 is 0 Å². The Bertz CT molecular complexity index is 1190. The first-order valence-electron chi connectivity index (χ1n) is 7.85. The van der Waals surface area contributed by atoms with Crippen LogP contribution < -0.4 is 11.2 Å². The minimum absolute atomic E-state index is 0.0602. The van der Waals surface area contributed by atoms with E-state index in [4.69, 9.17) is 17.4 Å². The van der Waals surface area contributed by atoms with Crippen LogP contribution in [0, 0.1) is 5.82 Å². The highest BCUT2D eigenvalue weighted by Gasteiger charge is 2.19. The molecule has 0 fully saturated rings. The lowest BCUT2D eigenvalue weighted by Gasteiger charge is -2.12. The molecule has 0 atom stereocenters. The molecule has 11 heteroatoms. The van der Waals surface area contributed by atoms with E-state index < -0.39 is 5.82 Å². The Hall–Kier alpha value is -3.79. The van der Waals surface area contributed by atoms with Gasteiger partial charge < -0.3 is 16.3 Å². The van der Waals surface area contributed by atoms with Crippen LogP contribution in [-0.2, 0) is 0 Å². The fourth-order valence-corrected chi connectivity index (χ4v) is 2.67. The number of fused-ring (bicyclic) bond motifs is 1. The Morgan fingerprint density at radius 2 is 1.82 bits per heavy atom. The molecule has 4 aromatic rings. The molecule has 0 bridgehead atoms. The summed E-state index contributed by atoms with van der Waals surface area (Å²) in [4.78, 5) is 8.70. The summed E-state index contributed by atoms with van der Waals surface area (Å²) in [5.41, 5.74) is 1.86. The molecule has 0 unspecified atom stereocenters. The molecule has 28 heavy (non-hydrogen) atoms. The van der Waals surface area contributed by atoms with E-state index in [2.05, 4.69) is 35.3 Å². The first kappa shape index (κ1) is 17.6. The van der Waals surface area contributed by atoms with E-state index in [1.54, 1.807) is 12.1 Å². The highest BCUT2D eigenvalue weighted by Crippen LogP contribution is 2.26. The van der Waals surface area contributed by atoms with Crippen LogP contribution in [0.5, 0.6) is 5.75 Å². The van der Waals surface area contributed by atoms with Crippen molar-refractivity contribution in [2.75, 3.05) is 5.32 Å². The standard InChI is InChI=1S/C17H11ClFN7O2/c18-11-7-9(3-6-12(11)19)21-15-14(22-16-17(23-15)26-28-25-16)13(24-20)8-1-4-10(27)5-2-8/h1-7,27H,20H2,(H,21,23,26)/b24-13+. The van der Waals surface area contributed by atoms with Crippen LogP contribution in [0.4, 0.5) is 15.9 Å². The number of phenolic OH excluding ortho intramolecular Hbond substituents is 1. The first-order valence-corrected chi connectivity index (χ1v) is 8.23. The number of hydrogen-bond donors (Lipinski definition) is 3. The molecule has 0 amide bonds. The van der Waals surface area contributed by atoms with Crippen molar-refractivity contribution in [2.24, 2.45) is 10.9 Å². The predicted molar refractivity (Wildman–Crippen MR) is 100 cm³/mol. The van der Waals surface area contributed by atoms with Gasteiger partial charge in [0.05, 0.1) is 5.02 Å². The molecule has 140 valence electrons. The van der Waals surface area contributed by atoms with E-state index in [0.717, 1.165) is 0 Å². The van der Waals surface area contributed by atoms with Gasteiger partial charge in [0.2, 0.25) is 11.3 Å². The average molecular weight is 400 g/mol. The maximum atomic E-state index is 13.4. The van der Waals surface area contributed by atoms with Gasteiger partial charge in [-0.15, -0.1) is 0 Å². The van der Waals surface area contributed by atoms with Gasteiger partial charge in [-0.25, -0.2) is 19.0 Å². The lowest BCUT2D eigenvalue weighted by Crippen LogP contribution is -2.13. The normalized spacial score (nSPS) is 11.7. The van der Waals surface area contributed by atoms with E-state index in [-0.39, 0.29) is 39.3 Å². The number of nitrogens with zero attached hydrogens (tertiary/aromatic N) is 5. The van der Waals surface area contributed by atoms with Gasteiger partial charge in [0.25, 0.3) is 0 Å². The van der Waals surface area contributed by atoms with Gasteiger partial charge in [0, 0.05) is 11.3 Å². The summed E-state index contributed by atoms with van der Waals surface area (Å²) in [6.07, 6.45) is 0. The number of halogens is 2. The molecular formula is C17H11ClFN7O2. The van der Waals surface area contributed by atoms with Crippen molar-refractivity contribution in [3.8, 4) is 5.75 Å². The largest absolute Gasteiger partial charge is 0.508 e. The van der Waals surface area contributed by atoms with Crippen LogP contribution in [0.15, 0.2) is 52.2 Å². The Morgan fingerprint density at radius 1 is 1.11 bits per heavy atom. The van der Waals surface area contributed by atoms with Crippen LogP contribution in [0.1, 0.15) is 11.3 Å². The van der Waals surface area contributed by atoms with Gasteiger partial charge in [-0.3, -0.25) is 0 Å². The monoisotopic (exact) mass is 399 g/mol. The van der Waals surface area contributed by atoms with E-state index in [1.807, 2.05) is 0 Å². The van der Waals surface area contributed by atoms with E-state index in [1.165, 1.54) is 30.3 Å². The van der Waals surface area contributed by atoms with Gasteiger partial charge in [0.1, 0.15) is 23.0 Å². The van der Waals surface area contributed by atoms with Gasteiger partial charge >= 0.3 is 0 Å². The summed E-state index contributed by atoms with van der Waals surface area (Å²) >= 11 is 5.84. The topological polar surface area (TPSA) is 135 Å². The van der Waals surface area contributed by atoms with Gasteiger partial charge in [-0.2, -0.15) is 5.10 Å². The molecule has 0 aliphatic heterocycles. The van der Waals surface area contributed by atoms with Crippen molar-refractivity contribution in [3.63, 3.8) is 0 Å². The maximum Gasteiger partial charge on any atom is 0.245 e. The maximum absolute atomic E-state index is 13.4. The summed E-state index contributed by atoms with van der Waals surface area (Å²) in [6, 6.07) is 10.3. The molecule has 0 radical (unpaired) electrons. The molecule has 0 spiro atoms. The number of benzene rings is 2. The molecule has 4 N–H and O–H groups in total. The van der Waals surface area contributed by atoms with Crippen molar-refractivity contribution in [3.05, 3.63) is 64.6 Å². The van der Waals surface area contributed by atoms with Gasteiger partial charge in [0.15, 0.2) is 5.82 Å². The highest BCUT2D eigenvalue weighted by molar-refractivity contribution is 6.31. The van der Waals surface area contributed by atoms with Crippen LogP contribution >= 0.6 is 11.6 Å². The number of phenols is 1. The number of hydrazone groups is 1. The smallest absolute Gasteiger partial charge is 0.245 e. The SMILES string of the molecule is N/N=C(\c1ccc(O)cc1)c1nc2nonc2nc1Nc1ccc(F)c(Cl)c1. The Balaban J connectivity index is 1.84. The number of nitrogens with one attached hydrogen (secondary N) is 1. The summed E-state index contributed by atoms with van der Waals surface area (Å²) in [7, 11) is 0. The minimum atomic E-state index is -0.553. The third-order valence-corrected chi connectivity index (χ3v) is 4.08. The first-order chi connectivity index (χ1) is 13.5. The number of nitrogens with two attached hydrogens (primary N) is 1. The fraction of sp³-hybridized carbons (Fsp3) is 0. The van der Waals surface area contributed by atoms with Crippen LogP contribution in [0.25, 0.3) is 11.3 Å². The summed E-state index contributed by atoms with van der Waals surface area (Å²) in [6.45, 7) is 0. The minimum Gasteiger partial charge on any atom is -0.508 e. The predicted octanol–water partition coefficient (Wildman–Crippen LogP) is 2.97. The molecule has 0 saturated heterocycles. The molecular weight excluding hydrogens is 389 g/mol. The molecule has 2 heterocycles. The second-order valence-electron chi connectivity index (χ2n) is 5.61. The number of aromatic nitrogens is 4. The number of hydrogen-bond acceptors (Lipinski definition) is 9. The Labute approximate surface area is 161 Å². The molecule has 2 aromatic carbocycles. The quantitative estimate of drug-likeness (QED) is 0.271. The third kappa shape index (κ3) is 3.28. The summed E-state index contributed by atoms with van der Waals surface area (Å²) in [5, 5.41) is 23.6. The molecule has 4 rings (SSSR count). The molecule has 0 saturated carbocycles. The molecule has 2 aromatic heterocycles. The van der Waals surface area contributed by atoms with Crippen LogP contribution in [0.3, 0.4) is 0 Å². The number of aromatic hydroxyl groups is 1. The number of anilines is 2. The second-order valence-corrected chi connectivity index (χ2v) is 6.02. The zero-order valence-corrected chi connectivity index (χ0v) is 14.7. The van der Waals surface area contributed by atoms with Crippen molar-refractivity contribution < 1.29 is 14.1 Å². The second kappa shape index (κ2) is 7.08.